The van der Waals surface area contributed by atoms with Crippen molar-refractivity contribution in [1.82, 2.24) is 15.0 Å². The molecule has 5 rings (SSSR count). The highest BCUT2D eigenvalue weighted by atomic mass is 19.1. The Hall–Kier alpha value is -3.22. The second-order valence-corrected chi connectivity index (χ2v) is 8.15. The molecule has 30 heavy (non-hydrogen) atoms. The highest BCUT2D eigenvalue weighted by molar-refractivity contribution is 5.99. The van der Waals surface area contributed by atoms with Crippen LogP contribution in [0.4, 0.5) is 10.1 Å². The summed E-state index contributed by atoms with van der Waals surface area (Å²) in [4.78, 5) is 14.9. The Bertz CT molecular complexity index is 1120. The smallest absolute Gasteiger partial charge is 0.230 e. The summed E-state index contributed by atoms with van der Waals surface area (Å²) >= 11 is 0. The molecule has 1 amide bonds. The van der Waals surface area contributed by atoms with Crippen LogP contribution in [-0.4, -0.2) is 26.9 Å². The van der Waals surface area contributed by atoms with Gasteiger partial charge in [0.15, 0.2) is 0 Å². The molecule has 2 aliphatic rings. The van der Waals surface area contributed by atoms with Crippen molar-refractivity contribution in [3.05, 3.63) is 54.0 Å². The number of hydrogen-bond donors (Lipinski definition) is 0. The van der Waals surface area contributed by atoms with Gasteiger partial charge in [-0.2, -0.15) is 0 Å². The summed E-state index contributed by atoms with van der Waals surface area (Å²) in [7, 11) is 1.81. The molecule has 1 saturated carbocycles. The molecule has 1 aromatic heterocycles. The van der Waals surface area contributed by atoms with E-state index in [0.717, 1.165) is 42.5 Å². The standard InChI is InChI=1S/C23H23FN4O2/c1-14-6-9-19-21(28(14)23(29)15-7-8-15)11-10-18(20-13-27(2)26-25-20)22(19)30-17-5-3-4-16(24)12-17/h3-5,10-15H,6-9H2,1-2H3/t14-/m0/s1. The van der Waals surface area contributed by atoms with E-state index in [2.05, 4.69) is 17.2 Å². The third kappa shape index (κ3) is 3.34. The molecule has 0 unspecified atom stereocenters. The third-order valence-corrected chi connectivity index (χ3v) is 5.81. The fourth-order valence-electron chi connectivity index (χ4n) is 4.10. The first kappa shape index (κ1) is 18.8. The summed E-state index contributed by atoms with van der Waals surface area (Å²) in [5.74, 6) is 0.974. The molecule has 154 valence electrons. The van der Waals surface area contributed by atoms with Crippen molar-refractivity contribution < 1.29 is 13.9 Å². The number of rotatable bonds is 4. The Morgan fingerprint density at radius 3 is 2.73 bits per heavy atom. The van der Waals surface area contributed by atoms with E-state index in [4.69, 9.17) is 4.74 Å². The van der Waals surface area contributed by atoms with Crippen molar-refractivity contribution in [1.29, 1.82) is 0 Å². The SMILES string of the molecule is C[C@H]1CCc2c(ccc(-c3cn(C)nn3)c2Oc2cccc(F)c2)N1C(=O)C1CC1. The maximum Gasteiger partial charge on any atom is 0.230 e. The molecule has 0 saturated heterocycles. The van der Waals surface area contributed by atoms with E-state index < -0.39 is 0 Å². The normalized spacial score (nSPS) is 18.2. The van der Waals surface area contributed by atoms with Gasteiger partial charge in [0.2, 0.25) is 5.91 Å². The topological polar surface area (TPSA) is 60.2 Å². The van der Waals surface area contributed by atoms with Crippen molar-refractivity contribution in [2.24, 2.45) is 13.0 Å². The molecule has 0 radical (unpaired) electrons. The van der Waals surface area contributed by atoms with Crippen molar-refractivity contribution in [2.45, 2.75) is 38.6 Å². The summed E-state index contributed by atoms with van der Waals surface area (Å²) in [6.07, 6.45) is 5.35. The maximum absolute atomic E-state index is 13.8. The van der Waals surface area contributed by atoms with Gasteiger partial charge in [-0.3, -0.25) is 9.48 Å². The van der Waals surface area contributed by atoms with Crippen LogP contribution >= 0.6 is 0 Å². The lowest BCUT2D eigenvalue weighted by Gasteiger charge is -2.36. The lowest BCUT2D eigenvalue weighted by molar-refractivity contribution is -0.120. The molecular formula is C23H23FN4O2. The van der Waals surface area contributed by atoms with Gasteiger partial charge < -0.3 is 9.64 Å². The predicted octanol–water partition coefficient (Wildman–Crippen LogP) is 4.49. The van der Waals surface area contributed by atoms with E-state index in [1.807, 2.05) is 23.2 Å². The number of amides is 1. The van der Waals surface area contributed by atoms with E-state index >= 15 is 0 Å². The van der Waals surface area contributed by atoms with Crippen LogP contribution in [0.25, 0.3) is 11.3 Å². The van der Waals surface area contributed by atoms with Gasteiger partial charge in [-0.15, -0.1) is 5.10 Å². The number of ether oxygens (including phenoxy) is 1. The van der Waals surface area contributed by atoms with Crippen molar-refractivity contribution in [2.75, 3.05) is 4.90 Å². The predicted molar refractivity (Wildman–Crippen MR) is 111 cm³/mol. The Labute approximate surface area is 174 Å². The molecule has 0 bridgehead atoms. The average Bonchev–Trinajstić information content (AvgIpc) is 3.49. The maximum atomic E-state index is 13.8. The summed E-state index contributed by atoms with van der Waals surface area (Å²) in [6.45, 7) is 2.09. The van der Waals surface area contributed by atoms with Crippen LogP contribution in [-0.2, 0) is 18.3 Å². The summed E-state index contributed by atoms with van der Waals surface area (Å²) < 4.78 is 21.7. The molecule has 0 N–H and O–H groups in total. The molecule has 1 atom stereocenters. The van der Waals surface area contributed by atoms with E-state index in [0.29, 0.717) is 17.2 Å². The fourth-order valence-corrected chi connectivity index (χ4v) is 4.10. The molecule has 7 heteroatoms. The Balaban J connectivity index is 1.65. The second kappa shape index (κ2) is 7.23. The van der Waals surface area contributed by atoms with Crippen LogP contribution in [0.3, 0.4) is 0 Å². The summed E-state index contributed by atoms with van der Waals surface area (Å²) in [6, 6.07) is 10.1. The zero-order valence-corrected chi connectivity index (χ0v) is 17.0. The van der Waals surface area contributed by atoms with Crippen LogP contribution in [0.1, 0.15) is 31.7 Å². The van der Waals surface area contributed by atoms with Gasteiger partial charge in [0.1, 0.15) is 23.0 Å². The molecule has 6 nitrogen and oxygen atoms in total. The van der Waals surface area contributed by atoms with E-state index in [1.165, 1.54) is 12.1 Å². The number of fused-ring (bicyclic) bond motifs is 1. The molecule has 1 aliphatic heterocycles. The third-order valence-electron chi connectivity index (χ3n) is 5.81. The Morgan fingerprint density at radius 2 is 2.03 bits per heavy atom. The first-order valence-electron chi connectivity index (χ1n) is 10.3. The van der Waals surface area contributed by atoms with Crippen molar-refractivity contribution in [3.63, 3.8) is 0 Å². The van der Waals surface area contributed by atoms with Gasteiger partial charge in [-0.25, -0.2) is 4.39 Å². The molecule has 3 aromatic rings. The fraction of sp³-hybridized carbons (Fsp3) is 0.348. The van der Waals surface area contributed by atoms with Gasteiger partial charge in [0, 0.05) is 36.2 Å². The minimum absolute atomic E-state index is 0.130. The van der Waals surface area contributed by atoms with Gasteiger partial charge in [-0.1, -0.05) is 11.3 Å². The van der Waals surface area contributed by atoms with Gasteiger partial charge in [-0.05, 0) is 56.9 Å². The zero-order chi connectivity index (χ0) is 20.8. The van der Waals surface area contributed by atoms with Gasteiger partial charge in [0.05, 0.1) is 11.9 Å². The van der Waals surface area contributed by atoms with Crippen LogP contribution in [0.5, 0.6) is 11.5 Å². The molecule has 1 fully saturated rings. The monoisotopic (exact) mass is 406 g/mol. The van der Waals surface area contributed by atoms with E-state index in [-0.39, 0.29) is 23.7 Å². The number of nitrogens with zero attached hydrogens (tertiary/aromatic N) is 4. The van der Waals surface area contributed by atoms with Crippen molar-refractivity contribution in [3.8, 4) is 22.8 Å². The lowest BCUT2D eigenvalue weighted by Crippen LogP contribution is -2.43. The van der Waals surface area contributed by atoms with Gasteiger partial charge in [0.25, 0.3) is 0 Å². The van der Waals surface area contributed by atoms with Crippen LogP contribution < -0.4 is 9.64 Å². The number of hydrogen-bond acceptors (Lipinski definition) is 4. The van der Waals surface area contributed by atoms with E-state index in [9.17, 15) is 9.18 Å². The molecular weight excluding hydrogens is 383 g/mol. The summed E-state index contributed by atoms with van der Waals surface area (Å²) in [5, 5.41) is 8.28. The first-order chi connectivity index (χ1) is 14.5. The van der Waals surface area contributed by atoms with Gasteiger partial charge >= 0.3 is 0 Å². The number of anilines is 1. The van der Waals surface area contributed by atoms with Crippen LogP contribution in [0, 0.1) is 11.7 Å². The minimum Gasteiger partial charge on any atom is -0.456 e. The van der Waals surface area contributed by atoms with Crippen LogP contribution in [0.2, 0.25) is 0 Å². The Morgan fingerprint density at radius 1 is 1.20 bits per heavy atom. The number of aryl methyl sites for hydroxylation is 1. The zero-order valence-electron chi connectivity index (χ0n) is 17.0. The summed E-state index contributed by atoms with van der Waals surface area (Å²) in [5.41, 5.74) is 3.28. The average molecular weight is 406 g/mol. The van der Waals surface area contributed by atoms with E-state index in [1.54, 1.807) is 23.9 Å². The minimum atomic E-state index is -0.363. The highest BCUT2D eigenvalue weighted by Gasteiger charge is 2.39. The van der Waals surface area contributed by atoms with Crippen molar-refractivity contribution >= 4 is 11.6 Å². The number of carbonyl (C=O) groups is 1. The highest BCUT2D eigenvalue weighted by Crippen LogP contribution is 2.45. The quantitative estimate of drug-likeness (QED) is 0.641. The number of aromatic nitrogens is 3. The van der Waals surface area contributed by atoms with Crippen LogP contribution in [0.15, 0.2) is 42.6 Å². The molecule has 2 heterocycles. The first-order valence-corrected chi connectivity index (χ1v) is 10.3. The molecule has 0 spiro atoms. The largest absolute Gasteiger partial charge is 0.456 e. The second-order valence-electron chi connectivity index (χ2n) is 8.15. The molecule has 2 aromatic carbocycles. The lowest BCUT2D eigenvalue weighted by atomic mass is 9.92. The Kier molecular flexibility index (Phi) is 4.53. The number of carbonyl (C=O) groups excluding carboxylic acids is 1. The number of benzene rings is 2. The molecule has 1 aliphatic carbocycles. The number of halogens is 1.